The summed E-state index contributed by atoms with van der Waals surface area (Å²) >= 11 is 0. The Morgan fingerprint density at radius 1 is 1.32 bits per heavy atom. The van der Waals surface area contributed by atoms with Crippen LogP contribution in [0.15, 0.2) is 36.5 Å². The van der Waals surface area contributed by atoms with Crippen LogP contribution in [0.1, 0.15) is 39.4 Å². The maximum absolute atomic E-state index is 13.3. The van der Waals surface area contributed by atoms with Gasteiger partial charge >= 0.3 is 5.97 Å². The molecule has 1 unspecified atom stereocenters. The van der Waals surface area contributed by atoms with E-state index in [1.807, 2.05) is 0 Å². The highest BCUT2D eigenvalue weighted by atomic mass is 32.2. The van der Waals surface area contributed by atoms with Gasteiger partial charge in [0.2, 0.25) is 10.0 Å². The zero-order valence-electron chi connectivity index (χ0n) is 14.1. The molecule has 1 N–H and O–H groups in total. The van der Waals surface area contributed by atoms with Crippen molar-refractivity contribution in [2.75, 3.05) is 7.11 Å². The summed E-state index contributed by atoms with van der Waals surface area (Å²) in [5, 5.41) is -0.846. The number of aromatic nitrogens is 1. The maximum Gasteiger partial charge on any atom is 0.339 e. The van der Waals surface area contributed by atoms with Crippen molar-refractivity contribution < 1.29 is 22.3 Å². The summed E-state index contributed by atoms with van der Waals surface area (Å²) in [7, 11) is -2.41. The number of benzene rings is 1. The number of carbonyl (C=O) groups is 1. The molecule has 0 bridgehead atoms. The summed E-state index contributed by atoms with van der Waals surface area (Å²) in [6.45, 7) is 3.09. The number of hydrogen-bond donors (Lipinski definition) is 1. The number of pyridine rings is 1. The van der Waals surface area contributed by atoms with Gasteiger partial charge in [-0.25, -0.2) is 22.3 Å². The quantitative estimate of drug-likeness (QED) is 0.794. The van der Waals surface area contributed by atoms with Crippen molar-refractivity contribution in [3.05, 3.63) is 64.7 Å². The van der Waals surface area contributed by atoms with E-state index >= 15 is 0 Å². The molecule has 0 spiro atoms. The molecule has 0 amide bonds. The van der Waals surface area contributed by atoms with Gasteiger partial charge in [0.1, 0.15) is 5.82 Å². The summed E-state index contributed by atoms with van der Waals surface area (Å²) < 4.78 is 45.2. The third-order valence-electron chi connectivity index (χ3n) is 3.82. The van der Waals surface area contributed by atoms with Crippen molar-refractivity contribution >= 4 is 16.0 Å². The molecule has 0 fully saturated rings. The molecule has 134 valence electrons. The molecule has 0 aliphatic heterocycles. The first-order valence-corrected chi connectivity index (χ1v) is 9.07. The maximum atomic E-state index is 13.3. The summed E-state index contributed by atoms with van der Waals surface area (Å²) in [4.78, 5) is 15.4. The first kappa shape index (κ1) is 19.0. The Kier molecular flexibility index (Phi) is 5.86. The molecule has 1 heterocycles. The Hall–Kier alpha value is -2.32. The number of methoxy groups -OCH3 is 1. The molecular weight excluding hydrogens is 347 g/mol. The third kappa shape index (κ3) is 4.61. The number of aryl methyl sites for hydroxylation is 1. The molecule has 8 heteroatoms. The van der Waals surface area contributed by atoms with Crippen LogP contribution in [-0.4, -0.2) is 26.5 Å². The number of carbonyl (C=O) groups excluding carboxylic acids is 1. The van der Waals surface area contributed by atoms with Crippen LogP contribution in [0.3, 0.4) is 0 Å². The van der Waals surface area contributed by atoms with Crippen LogP contribution in [0.5, 0.6) is 0 Å². The van der Waals surface area contributed by atoms with E-state index in [0.29, 0.717) is 16.8 Å². The molecule has 0 saturated heterocycles. The smallest absolute Gasteiger partial charge is 0.339 e. The van der Waals surface area contributed by atoms with Gasteiger partial charge in [0.25, 0.3) is 0 Å². The minimum Gasteiger partial charge on any atom is -0.465 e. The zero-order valence-corrected chi connectivity index (χ0v) is 14.9. The molecule has 1 aromatic carbocycles. The molecule has 6 nitrogen and oxygen atoms in total. The fourth-order valence-corrected chi connectivity index (χ4v) is 3.27. The van der Waals surface area contributed by atoms with Crippen LogP contribution >= 0.6 is 0 Å². The monoisotopic (exact) mass is 366 g/mol. The highest BCUT2D eigenvalue weighted by molar-refractivity contribution is 7.89. The van der Waals surface area contributed by atoms with Crippen molar-refractivity contribution in [3.63, 3.8) is 0 Å². The van der Waals surface area contributed by atoms with Crippen molar-refractivity contribution in [2.24, 2.45) is 0 Å². The zero-order chi connectivity index (χ0) is 18.6. The lowest BCUT2D eigenvalue weighted by Crippen LogP contribution is -2.28. The Bertz CT molecular complexity index is 867. The normalized spacial score (nSPS) is 12.6. The first-order valence-electron chi connectivity index (χ1n) is 7.52. The van der Waals surface area contributed by atoms with Gasteiger partial charge < -0.3 is 4.74 Å². The van der Waals surface area contributed by atoms with Gasteiger partial charge in [-0.15, -0.1) is 0 Å². The number of nitrogens with zero attached hydrogens (tertiary/aromatic N) is 1. The van der Waals surface area contributed by atoms with Gasteiger partial charge in [-0.05, 0) is 43.2 Å². The van der Waals surface area contributed by atoms with Crippen molar-refractivity contribution in [2.45, 2.75) is 25.6 Å². The van der Waals surface area contributed by atoms with Crippen LogP contribution in [0, 0.1) is 12.7 Å². The second-order valence-corrected chi connectivity index (χ2v) is 7.63. The molecule has 0 radical (unpaired) electrons. The average Bonchev–Trinajstić information content (AvgIpc) is 2.61. The fourth-order valence-electron chi connectivity index (χ4n) is 2.17. The molecule has 2 aromatic rings. The summed E-state index contributed by atoms with van der Waals surface area (Å²) in [6, 6.07) is 7.28. The largest absolute Gasteiger partial charge is 0.465 e. The van der Waals surface area contributed by atoms with E-state index in [4.69, 9.17) is 0 Å². The van der Waals surface area contributed by atoms with Gasteiger partial charge in [0.05, 0.1) is 30.2 Å². The summed E-state index contributed by atoms with van der Waals surface area (Å²) in [5.41, 5.74) is 1.63. The number of halogens is 1. The fraction of sp³-hybridized carbons (Fsp3) is 0.294. The second-order valence-electron chi connectivity index (χ2n) is 5.55. The van der Waals surface area contributed by atoms with Gasteiger partial charge in [-0.1, -0.05) is 12.1 Å². The lowest BCUT2D eigenvalue weighted by Gasteiger charge is -2.15. The van der Waals surface area contributed by atoms with Crippen molar-refractivity contribution in [3.8, 4) is 0 Å². The van der Waals surface area contributed by atoms with Gasteiger partial charge in [0.15, 0.2) is 0 Å². The minimum absolute atomic E-state index is 0.0195. The van der Waals surface area contributed by atoms with E-state index in [9.17, 15) is 17.6 Å². The number of ether oxygens (including phenoxy) is 1. The van der Waals surface area contributed by atoms with E-state index in [2.05, 4.69) is 14.4 Å². The molecule has 2 rings (SSSR count). The van der Waals surface area contributed by atoms with E-state index in [-0.39, 0.29) is 17.9 Å². The predicted octanol–water partition coefficient (Wildman–Crippen LogP) is 2.50. The Morgan fingerprint density at radius 2 is 2.04 bits per heavy atom. The average molecular weight is 366 g/mol. The molecule has 25 heavy (non-hydrogen) atoms. The van der Waals surface area contributed by atoms with Crippen molar-refractivity contribution in [1.29, 1.82) is 0 Å². The van der Waals surface area contributed by atoms with Gasteiger partial charge in [0, 0.05) is 6.20 Å². The lowest BCUT2D eigenvalue weighted by molar-refractivity contribution is 0.0600. The Labute approximate surface area is 146 Å². The van der Waals surface area contributed by atoms with Crippen molar-refractivity contribution in [1.82, 2.24) is 9.71 Å². The molecule has 1 atom stereocenters. The summed E-state index contributed by atoms with van der Waals surface area (Å²) in [5.74, 6) is -0.892. The number of sulfonamides is 1. The number of esters is 1. The van der Waals surface area contributed by atoms with Crippen LogP contribution in [0.4, 0.5) is 4.39 Å². The minimum atomic E-state index is -3.68. The van der Waals surface area contributed by atoms with E-state index in [0.717, 1.165) is 0 Å². The van der Waals surface area contributed by atoms with Gasteiger partial charge in [-0.3, -0.25) is 4.98 Å². The van der Waals surface area contributed by atoms with Crippen LogP contribution in [0.2, 0.25) is 0 Å². The molecular formula is C17H19FN2O4S. The third-order valence-corrected chi connectivity index (χ3v) is 5.57. The number of nitrogens with one attached hydrogen (secondary N) is 1. The first-order chi connectivity index (χ1) is 11.7. The van der Waals surface area contributed by atoms with E-state index in [1.165, 1.54) is 44.5 Å². The van der Waals surface area contributed by atoms with Crippen LogP contribution in [0.25, 0.3) is 0 Å². The summed E-state index contributed by atoms with van der Waals surface area (Å²) in [6.07, 6.45) is 1.32. The number of hydrogen-bond acceptors (Lipinski definition) is 5. The molecule has 0 aliphatic carbocycles. The molecule has 0 saturated carbocycles. The SMILES string of the molecule is COC(=O)c1ccc(CNS(=O)(=O)C(C)c2ccc(F)c(C)c2)nc1. The van der Waals surface area contributed by atoms with E-state index in [1.54, 1.807) is 13.0 Å². The predicted molar refractivity (Wildman–Crippen MR) is 90.9 cm³/mol. The standard InChI is InChI=1S/C17H19FN2O4S/c1-11-8-13(5-7-16(11)18)12(2)25(22,23)20-10-15-6-4-14(9-19-15)17(21)24-3/h4-9,12,20H,10H2,1-3H3. The highest BCUT2D eigenvalue weighted by Gasteiger charge is 2.23. The van der Waals surface area contributed by atoms with Crippen LogP contribution in [-0.2, 0) is 21.3 Å². The second kappa shape index (κ2) is 7.71. The lowest BCUT2D eigenvalue weighted by atomic mass is 10.1. The molecule has 1 aromatic heterocycles. The topological polar surface area (TPSA) is 85.4 Å². The Balaban J connectivity index is 2.07. The highest BCUT2D eigenvalue weighted by Crippen LogP contribution is 2.23. The number of rotatable bonds is 6. The Morgan fingerprint density at radius 3 is 2.60 bits per heavy atom. The van der Waals surface area contributed by atoms with Crippen LogP contribution < -0.4 is 4.72 Å². The van der Waals surface area contributed by atoms with Gasteiger partial charge in [-0.2, -0.15) is 0 Å². The van der Waals surface area contributed by atoms with E-state index < -0.39 is 21.2 Å². The molecule has 0 aliphatic rings.